The van der Waals surface area contributed by atoms with Crippen molar-refractivity contribution in [2.24, 2.45) is 11.1 Å². The molecule has 0 spiro atoms. The van der Waals surface area contributed by atoms with Gasteiger partial charge in [0.05, 0.1) is 4.99 Å². The maximum atomic E-state index is 5.71. The monoisotopic (exact) mass is 239 g/mol. The van der Waals surface area contributed by atoms with Crippen LogP contribution in [0.2, 0.25) is 0 Å². The Morgan fingerprint density at radius 1 is 1.56 bits per heavy atom. The highest BCUT2D eigenvalue weighted by Crippen LogP contribution is 2.21. The van der Waals surface area contributed by atoms with Crippen molar-refractivity contribution in [2.45, 2.75) is 46.6 Å². The molecule has 0 aliphatic carbocycles. The van der Waals surface area contributed by atoms with Crippen LogP contribution in [0.15, 0.2) is 12.4 Å². The number of aromatic nitrogens is 2. The van der Waals surface area contributed by atoms with E-state index in [0.29, 0.717) is 4.99 Å². The lowest BCUT2D eigenvalue weighted by molar-refractivity contribution is 0.429. The molecule has 0 aliphatic heterocycles. The summed E-state index contributed by atoms with van der Waals surface area (Å²) in [6.07, 6.45) is 6.99. The summed E-state index contributed by atoms with van der Waals surface area (Å²) in [5.74, 6) is 1.15. The smallest absolute Gasteiger partial charge is 0.108 e. The molecule has 0 radical (unpaired) electrons. The quantitative estimate of drug-likeness (QED) is 0.776. The Kier molecular flexibility index (Phi) is 4.47. The molecule has 0 aliphatic rings. The predicted molar refractivity (Wildman–Crippen MR) is 71.4 cm³/mol. The number of hydrogen-bond donors (Lipinski definition) is 1. The number of nitrogens with zero attached hydrogens (tertiary/aromatic N) is 2. The molecule has 0 amide bonds. The minimum Gasteiger partial charge on any atom is -0.393 e. The van der Waals surface area contributed by atoms with Gasteiger partial charge in [0.1, 0.15) is 5.82 Å². The molecule has 1 aromatic rings. The maximum absolute atomic E-state index is 5.71. The highest BCUT2D eigenvalue weighted by Gasteiger charge is 2.21. The maximum Gasteiger partial charge on any atom is 0.108 e. The Hall–Kier alpha value is -0.900. The van der Waals surface area contributed by atoms with Crippen LogP contribution in [0.1, 0.15) is 39.4 Å². The summed E-state index contributed by atoms with van der Waals surface area (Å²) in [5.41, 5.74) is 5.63. The summed E-state index contributed by atoms with van der Waals surface area (Å²) in [6, 6.07) is 0. The van der Waals surface area contributed by atoms with E-state index in [1.165, 1.54) is 0 Å². The van der Waals surface area contributed by atoms with Gasteiger partial charge in [-0.15, -0.1) is 0 Å². The molecule has 16 heavy (non-hydrogen) atoms. The molecule has 0 aromatic carbocycles. The van der Waals surface area contributed by atoms with Crippen LogP contribution in [0.5, 0.6) is 0 Å². The van der Waals surface area contributed by atoms with Crippen LogP contribution < -0.4 is 5.73 Å². The van der Waals surface area contributed by atoms with Gasteiger partial charge in [-0.1, -0.05) is 33.0 Å². The zero-order valence-electron chi connectivity index (χ0n) is 10.4. The van der Waals surface area contributed by atoms with Crippen LogP contribution in [0.25, 0.3) is 0 Å². The molecule has 1 rings (SSSR count). The third kappa shape index (κ3) is 3.30. The van der Waals surface area contributed by atoms with E-state index in [-0.39, 0.29) is 5.41 Å². The number of thiocarbonyl (C=S) groups is 1. The van der Waals surface area contributed by atoms with E-state index in [1.54, 1.807) is 0 Å². The van der Waals surface area contributed by atoms with Crippen LogP contribution in [-0.4, -0.2) is 14.5 Å². The molecule has 0 bridgehead atoms. The number of nitrogens with two attached hydrogens (primary N) is 1. The average molecular weight is 239 g/mol. The summed E-state index contributed by atoms with van der Waals surface area (Å²) in [5, 5.41) is 0. The van der Waals surface area contributed by atoms with Gasteiger partial charge in [-0.2, -0.15) is 0 Å². The second kappa shape index (κ2) is 5.43. The fraction of sp³-hybridized carbons (Fsp3) is 0.667. The minimum atomic E-state index is -0.0803. The topological polar surface area (TPSA) is 43.8 Å². The summed E-state index contributed by atoms with van der Waals surface area (Å²) >= 11 is 5.06. The van der Waals surface area contributed by atoms with Crippen molar-refractivity contribution >= 4 is 17.2 Å². The molecule has 0 unspecified atom stereocenters. The van der Waals surface area contributed by atoms with Gasteiger partial charge in [-0.3, -0.25) is 0 Å². The van der Waals surface area contributed by atoms with Gasteiger partial charge in [0.2, 0.25) is 0 Å². The number of hydrogen-bond acceptors (Lipinski definition) is 2. The van der Waals surface area contributed by atoms with Gasteiger partial charge in [-0.05, 0) is 12.8 Å². The molecule has 2 N–H and O–H groups in total. The molecule has 0 saturated heterocycles. The molecule has 1 heterocycles. The Labute approximate surface area is 103 Å². The SMILES string of the molecule is CCCc1nccn1CCC(C)(C)C(N)=S. The molecule has 3 nitrogen and oxygen atoms in total. The lowest BCUT2D eigenvalue weighted by Crippen LogP contribution is -2.30. The molecule has 4 heteroatoms. The third-order valence-electron chi connectivity index (χ3n) is 2.92. The minimum absolute atomic E-state index is 0.0803. The van der Waals surface area contributed by atoms with E-state index in [1.807, 2.05) is 12.4 Å². The van der Waals surface area contributed by atoms with Gasteiger partial charge in [-0.25, -0.2) is 4.98 Å². The van der Waals surface area contributed by atoms with Crippen molar-refractivity contribution < 1.29 is 0 Å². The van der Waals surface area contributed by atoms with Crippen LogP contribution in [-0.2, 0) is 13.0 Å². The first kappa shape index (κ1) is 13.2. The van der Waals surface area contributed by atoms with E-state index < -0.39 is 0 Å². The zero-order valence-corrected chi connectivity index (χ0v) is 11.2. The number of aryl methyl sites for hydroxylation is 2. The van der Waals surface area contributed by atoms with Crippen LogP contribution in [0.4, 0.5) is 0 Å². The van der Waals surface area contributed by atoms with Crippen molar-refractivity contribution in [3.8, 4) is 0 Å². The molecular formula is C12H21N3S. The van der Waals surface area contributed by atoms with Crippen LogP contribution in [0, 0.1) is 5.41 Å². The Balaban J connectivity index is 2.60. The molecule has 0 atom stereocenters. The van der Waals surface area contributed by atoms with Gasteiger partial charge in [0, 0.05) is 30.8 Å². The summed E-state index contributed by atoms with van der Waals surface area (Å²) in [7, 11) is 0. The van der Waals surface area contributed by atoms with Crippen molar-refractivity contribution in [3.63, 3.8) is 0 Å². The van der Waals surface area contributed by atoms with E-state index in [9.17, 15) is 0 Å². The molecule has 90 valence electrons. The molecule has 0 saturated carbocycles. The van der Waals surface area contributed by atoms with Gasteiger partial charge >= 0.3 is 0 Å². The standard InChI is InChI=1S/C12H21N3S/c1-4-5-10-14-7-9-15(10)8-6-12(2,3)11(13)16/h7,9H,4-6,8H2,1-3H3,(H2,13,16). The Bertz CT molecular complexity index is 355. The number of imidazole rings is 1. The molecule has 0 fully saturated rings. The van der Waals surface area contributed by atoms with Crippen molar-refractivity contribution in [1.82, 2.24) is 9.55 Å². The zero-order chi connectivity index (χ0) is 12.2. The third-order valence-corrected chi connectivity index (χ3v) is 3.47. The van der Waals surface area contributed by atoms with E-state index >= 15 is 0 Å². The fourth-order valence-electron chi connectivity index (χ4n) is 1.52. The Morgan fingerprint density at radius 3 is 2.81 bits per heavy atom. The van der Waals surface area contributed by atoms with Crippen molar-refractivity contribution in [1.29, 1.82) is 0 Å². The lowest BCUT2D eigenvalue weighted by atomic mass is 9.89. The summed E-state index contributed by atoms with van der Waals surface area (Å²) in [6.45, 7) is 7.27. The second-order valence-electron chi connectivity index (χ2n) is 4.78. The normalized spacial score (nSPS) is 11.7. The fourth-order valence-corrected chi connectivity index (χ4v) is 1.62. The average Bonchev–Trinajstić information content (AvgIpc) is 2.63. The Morgan fingerprint density at radius 2 is 2.25 bits per heavy atom. The first-order valence-corrected chi connectivity index (χ1v) is 6.18. The van der Waals surface area contributed by atoms with Gasteiger partial charge in [0.25, 0.3) is 0 Å². The highest BCUT2D eigenvalue weighted by molar-refractivity contribution is 7.80. The second-order valence-corrected chi connectivity index (χ2v) is 5.22. The van der Waals surface area contributed by atoms with Gasteiger partial charge < -0.3 is 10.3 Å². The largest absolute Gasteiger partial charge is 0.393 e. The van der Waals surface area contributed by atoms with Crippen molar-refractivity contribution in [2.75, 3.05) is 0 Å². The summed E-state index contributed by atoms with van der Waals surface area (Å²) < 4.78 is 2.20. The van der Waals surface area contributed by atoms with E-state index in [2.05, 4.69) is 30.3 Å². The van der Waals surface area contributed by atoms with E-state index in [4.69, 9.17) is 18.0 Å². The molecule has 1 aromatic heterocycles. The summed E-state index contributed by atoms with van der Waals surface area (Å²) in [4.78, 5) is 4.94. The van der Waals surface area contributed by atoms with Crippen LogP contribution >= 0.6 is 12.2 Å². The van der Waals surface area contributed by atoms with E-state index in [0.717, 1.165) is 31.6 Å². The van der Waals surface area contributed by atoms with Gasteiger partial charge in [0.15, 0.2) is 0 Å². The van der Waals surface area contributed by atoms with Crippen LogP contribution in [0.3, 0.4) is 0 Å². The molecular weight excluding hydrogens is 218 g/mol. The first-order chi connectivity index (χ1) is 7.47. The lowest BCUT2D eigenvalue weighted by Gasteiger charge is -2.23. The van der Waals surface area contributed by atoms with Crippen molar-refractivity contribution in [3.05, 3.63) is 18.2 Å². The number of rotatable bonds is 6. The predicted octanol–water partition coefficient (Wildman–Crippen LogP) is 2.54. The highest BCUT2D eigenvalue weighted by atomic mass is 32.1. The first-order valence-electron chi connectivity index (χ1n) is 5.77.